The Balaban J connectivity index is 2.00. The van der Waals surface area contributed by atoms with Gasteiger partial charge in [0.15, 0.2) is 0 Å². The van der Waals surface area contributed by atoms with Crippen molar-refractivity contribution in [3.05, 3.63) is 58.1 Å². The van der Waals surface area contributed by atoms with E-state index >= 15 is 0 Å². The van der Waals surface area contributed by atoms with Crippen molar-refractivity contribution in [3.8, 4) is 11.5 Å². The van der Waals surface area contributed by atoms with Gasteiger partial charge in [-0.25, -0.2) is 5.43 Å². The largest absolute Gasteiger partial charge is 0.507 e. The Bertz CT molecular complexity index is 838. The normalized spacial score (nSPS) is 11.8. The van der Waals surface area contributed by atoms with E-state index in [0.29, 0.717) is 11.4 Å². The number of ether oxygens (including phenoxy) is 1. The average Bonchev–Trinajstić information content (AvgIpc) is 2.63. The molecule has 3 N–H and O–H groups in total. The lowest BCUT2D eigenvalue weighted by atomic mass is 10.2. The molecule has 1 atom stereocenters. The maximum atomic E-state index is 12.1. The van der Waals surface area contributed by atoms with Crippen LogP contribution in [0, 0.1) is 10.1 Å². The van der Waals surface area contributed by atoms with Crippen LogP contribution in [0.4, 0.5) is 11.4 Å². The highest BCUT2D eigenvalue weighted by atomic mass is 16.6. The summed E-state index contributed by atoms with van der Waals surface area (Å²) in [5, 5.41) is 27.2. The zero-order valence-corrected chi connectivity index (χ0v) is 14.2. The van der Waals surface area contributed by atoms with E-state index in [1.807, 2.05) is 6.07 Å². The van der Waals surface area contributed by atoms with E-state index in [0.717, 1.165) is 12.3 Å². The first-order chi connectivity index (χ1) is 12.4. The first kappa shape index (κ1) is 18.7. The number of methoxy groups -OCH3 is 1. The second-order valence-corrected chi connectivity index (χ2v) is 5.30. The van der Waals surface area contributed by atoms with Crippen molar-refractivity contribution in [2.24, 2.45) is 5.10 Å². The van der Waals surface area contributed by atoms with Gasteiger partial charge in [0.2, 0.25) is 0 Å². The van der Waals surface area contributed by atoms with Gasteiger partial charge in [-0.1, -0.05) is 12.1 Å². The number of benzene rings is 2. The minimum absolute atomic E-state index is 0.116. The van der Waals surface area contributed by atoms with E-state index in [2.05, 4.69) is 15.8 Å². The maximum absolute atomic E-state index is 12.1. The fourth-order valence-corrected chi connectivity index (χ4v) is 2.08. The maximum Gasteiger partial charge on any atom is 0.270 e. The van der Waals surface area contributed by atoms with Crippen molar-refractivity contribution in [2.45, 2.75) is 13.0 Å². The van der Waals surface area contributed by atoms with Crippen molar-refractivity contribution in [1.29, 1.82) is 0 Å². The lowest BCUT2D eigenvalue weighted by Crippen LogP contribution is -2.35. The summed E-state index contributed by atoms with van der Waals surface area (Å²) in [6.45, 7) is 1.64. The number of hydrazone groups is 1. The van der Waals surface area contributed by atoms with E-state index in [1.165, 1.54) is 19.2 Å². The van der Waals surface area contributed by atoms with Crippen molar-refractivity contribution in [3.63, 3.8) is 0 Å². The highest BCUT2D eigenvalue weighted by Gasteiger charge is 2.14. The predicted molar refractivity (Wildman–Crippen MR) is 96.6 cm³/mol. The third-order valence-corrected chi connectivity index (χ3v) is 3.47. The van der Waals surface area contributed by atoms with Gasteiger partial charge in [-0.2, -0.15) is 5.10 Å². The molecular formula is C17H18N4O5. The van der Waals surface area contributed by atoms with Gasteiger partial charge in [-0.15, -0.1) is 0 Å². The van der Waals surface area contributed by atoms with Crippen LogP contribution < -0.4 is 15.5 Å². The zero-order chi connectivity index (χ0) is 19.1. The lowest BCUT2D eigenvalue weighted by molar-refractivity contribution is -0.384. The van der Waals surface area contributed by atoms with Crippen LogP contribution in [0.25, 0.3) is 0 Å². The summed E-state index contributed by atoms with van der Waals surface area (Å²) in [5.41, 5.74) is 2.88. The number of nitrogens with one attached hydrogen (secondary N) is 2. The number of nitro groups is 1. The van der Waals surface area contributed by atoms with Gasteiger partial charge in [0, 0.05) is 17.7 Å². The fourth-order valence-electron chi connectivity index (χ4n) is 2.08. The molecular weight excluding hydrogens is 340 g/mol. The molecule has 0 saturated heterocycles. The van der Waals surface area contributed by atoms with Crippen LogP contribution in [0.5, 0.6) is 11.5 Å². The molecule has 2 aromatic carbocycles. The van der Waals surface area contributed by atoms with Crippen LogP contribution in [-0.4, -0.2) is 35.3 Å². The number of hydrogen-bond acceptors (Lipinski definition) is 7. The number of nitrogens with zero attached hydrogens (tertiary/aromatic N) is 2. The first-order valence-electron chi connectivity index (χ1n) is 7.62. The van der Waals surface area contributed by atoms with E-state index in [-0.39, 0.29) is 17.0 Å². The SMILES string of the molecule is COc1ccccc1N[C@@H](C)C(=O)NN=Cc1cc([N+](=O)[O-])ccc1O. The summed E-state index contributed by atoms with van der Waals surface area (Å²) in [6.07, 6.45) is 1.13. The van der Waals surface area contributed by atoms with Crippen LogP contribution in [0.1, 0.15) is 12.5 Å². The molecule has 0 aliphatic heterocycles. The van der Waals surface area contributed by atoms with Crippen LogP contribution in [0.15, 0.2) is 47.6 Å². The van der Waals surface area contributed by atoms with Crippen molar-refractivity contribution < 1.29 is 19.6 Å². The minimum Gasteiger partial charge on any atom is -0.507 e. The van der Waals surface area contributed by atoms with Crippen LogP contribution >= 0.6 is 0 Å². The Labute approximate surface area is 149 Å². The number of para-hydroxylation sites is 2. The molecule has 0 unspecified atom stereocenters. The molecule has 2 rings (SSSR count). The molecule has 0 bridgehead atoms. The van der Waals surface area contributed by atoms with Crippen LogP contribution in [0.2, 0.25) is 0 Å². The quantitative estimate of drug-likeness (QED) is 0.396. The number of aromatic hydroxyl groups is 1. The average molecular weight is 358 g/mol. The molecule has 0 radical (unpaired) electrons. The van der Waals surface area contributed by atoms with Gasteiger partial charge in [-0.3, -0.25) is 14.9 Å². The number of non-ortho nitro benzene ring substituents is 1. The molecule has 1 amide bonds. The van der Waals surface area contributed by atoms with Crippen molar-refractivity contribution >= 4 is 23.5 Å². The summed E-state index contributed by atoms with van der Waals surface area (Å²) < 4.78 is 5.20. The van der Waals surface area contributed by atoms with E-state index in [1.54, 1.807) is 25.1 Å². The highest BCUT2D eigenvalue weighted by molar-refractivity contribution is 5.88. The molecule has 0 aliphatic rings. The van der Waals surface area contributed by atoms with Crippen molar-refractivity contribution in [2.75, 3.05) is 12.4 Å². The molecule has 0 saturated carbocycles. The van der Waals surface area contributed by atoms with Crippen molar-refractivity contribution in [1.82, 2.24) is 5.43 Å². The third kappa shape index (κ3) is 4.69. The van der Waals surface area contributed by atoms with E-state index in [4.69, 9.17) is 4.74 Å². The number of hydrogen-bond donors (Lipinski definition) is 3. The predicted octanol–water partition coefficient (Wildman–Crippen LogP) is 2.26. The Morgan fingerprint density at radius 2 is 2.08 bits per heavy atom. The second kappa shape index (κ2) is 8.47. The lowest BCUT2D eigenvalue weighted by Gasteiger charge is -2.15. The molecule has 0 aliphatic carbocycles. The Kier molecular flexibility index (Phi) is 6.10. The summed E-state index contributed by atoms with van der Waals surface area (Å²) in [4.78, 5) is 22.3. The van der Waals surface area contributed by atoms with E-state index < -0.39 is 16.9 Å². The Morgan fingerprint density at radius 1 is 1.35 bits per heavy atom. The molecule has 0 aromatic heterocycles. The number of anilines is 1. The summed E-state index contributed by atoms with van der Waals surface area (Å²) in [6, 6.07) is 10.0. The third-order valence-electron chi connectivity index (χ3n) is 3.47. The summed E-state index contributed by atoms with van der Waals surface area (Å²) in [5.74, 6) is -0.0250. The number of phenols is 1. The monoisotopic (exact) mass is 358 g/mol. The number of carbonyl (C=O) groups is 1. The van der Waals surface area contributed by atoms with E-state index in [9.17, 15) is 20.0 Å². The zero-order valence-electron chi connectivity index (χ0n) is 14.2. The highest BCUT2D eigenvalue weighted by Crippen LogP contribution is 2.24. The van der Waals surface area contributed by atoms with Gasteiger partial charge in [0.25, 0.3) is 11.6 Å². The number of rotatable bonds is 7. The molecule has 0 heterocycles. The van der Waals surface area contributed by atoms with Crippen LogP contribution in [-0.2, 0) is 4.79 Å². The fraction of sp³-hybridized carbons (Fsp3) is 0.176. The number of phenolic OH excluding ortho intramolecular Hbond substituents is 1. The Hall–Kier alpha value is -3.62. The first-order valence-corrected chi connectivity index (χ1v) is 7.62. The number of nitro benzene ring substituents is 1. The molecule has 136 valence electrons. The number of amides is 1. The Morgan fingerprint density at radius 3 is 2.77 bits per heavy atom. The molecule has 0 fully saturated rings. The van der Waals surface area contributed by atoms with Gasteiger partial charge in [0.05, 0.1) is 23.9 Å². The summed E-state index contributed by atoms with van der Waals surface area (Å²) >= 11 is 0. The smallest absolute Gasteiger partial charge is 0.270 e. The molecule has 9 heteroatoms. The number of carbonyl (C=O) groups excluding carboxylic acids is 1. The molecule has 9 nitrogen and oxygen atoms in total. The van der Waals surface area contributed by atoms with Gasteiger partial charge in [0.1, 0.15) is 17.5 Å². The summed E-state index contributed by atoms with van der Waals surface area (Å²) in [7, 11) is 1.53. The molecule has 2 aromatic rings. The van der Waals surface area contributed by atoms with Gasteiger partial charge in [-0.05, 0) is 25.1 Å². The minimum atomic E-state index is -0.623. The standard InChI is InChI=1S/C17H18N4O5/c1-11(19-14-5-3-4-6-16(14)26-2)17(23)20-18-10-12-9-13(21(24)25)7-8-15(12)22/h3-11,19,22H,1-2H3,(H,20,23)/t11-/m0/s1. The molecule has 0 spiro atoms. The topological polar surface area (TPSA) is 126 Å². The van der Waals surface area contributed by atoms with Gasteiger partial charge < -0.3 is 15.2 Å². The molecule has 26 heavy (non-hydrogen) atoms. The second-order valence-electron chi connectivity index (χ2n) is 5.30. The van der Waals surface area contributed by atoms with Gasteiger partial charge >= 0.3 is 0 Å². The van der Waals surface area contributed by atoms with Crippen LogP contribution in [0.3, 0.4) is 0 Å².